The first-order valence-electron chi connectivity index (χ1n) is 10.1. The summed E-state index contributed by atoms with van der Waals surface area (Å²) in [7, 11) is 0. The maximum Gasteiger partial charge on any atom is 0.119 e. The fraction of sp³-hybridized carbons (Fsp3) is 0.417. The monoisotopic (exact) mass is 362 g/mol. The van der Waals surface area contributed by atoms with E-state index in [1.165, 1.54) is 44.4 Å². The molecule has 1 aromatic heterocycles. The second kappa shape index (κ2) is 7.05. The smallest absolute Gasteiger partial charge is 0.119 e. The van der Waals surface area contributed by atoms with E-state index in [2.05, 4.69) is 68.3 Å². The van der Waals surface area contributed by atoms with Crippen LogP contribution in [0.5, 0.6) is 5.75 Å². The fourth-order valence-electron chi connectivity index (χ4n) is 4.61. The first-order chi connectivity index (χ1) is 13.0. The lowest BCUT2D eigenvalue weighted by Crippen LogP contribution is -2.31. The van der Waals surface area contributed by atoms with E-state index in [1.807, 2.05) is 6.92 Å². The van der Waals surface area contributed by atoms with Crippen LogP contribution in [-0.2, 0) is 6.42 Å². The van der Waals surface area contributed by atoms with Crippen LogP contribution in [0.3, 0.4) is 0 Å². The van der Waals surface area contributed by atoms with Crippen LogP contribution in [0.15, 0.2) is 30.3 Å². The Kier molecular flexibility index (Phi) is 4.73. The van der Waals surface area contributed by atoms with Gasteiger partial charge >= 0.3 is 0 Å². The van der Waals surface area contributed by atoms with Gasteiger partial charge in [-0.05, 0) is 79.1 Å². The molecule has 4 rings (SSSR count). The van der Waals surface area contributed by atoms with Gasteiger partial charge < -0.3 is 15.0 Å². The minimum atomic E-state index is 0.203. The first kappa shape index (κ1) is 18.1. The molecule has 0 amide bonds. The molecule has 2 aromatic carbocycles. The van der Waals surface area contributed by atoms with Crippen molar-refractivity contribution in [1.29, 1.82) is 0 Å². The highest BCUT2D eigenvalue weighted by Crippen LogP contribution is 2.38. The normalized spacial score (nSPS) is 16.7. The van der Waals surface area contributed by atoms with E-state index in [4.69, 9.17) is 4.74 Å². The molecule has 0 radical (unpaired) electrons. The molecule has 0 fully saturated rings. The first-order valence-corrected chi connectivity index (χ1v) is 10.1. The molecule has 1 aliphatic rings. The van der Waals surface area contributed by atoms with Crippen molar-refractivity contribution in [1.82, 2.24) is 10.3 Å². The SMILES string of the molecule is CCOc1ccc(C2NCCc3c2[nH]c2cc(C)cc(C)c32)c(C(C)C)c1. The second-order valence-corrected chi connectivity index (χ2v) is 8.04. The summed E-state index contributed by atoms with van der Waals surface area (Å²) in [5, 5.41) is 5.18. The summed E-state index contributed by atoms with van der Waals surface area (Å²) < 4.78 is 5.76. The summed E-state index contributed by atoms with van der Waals surface area (Å²) in [5.41, 5.74) is 9.48. The Labute approximate surface area is 162 Å². The molecule has 0 bridgehead atoms. The minimum absolute atomic E-state index is 0.203. The molecule has 3 nitrogen and oxygen atoms in total. The van der Waals surface area contributed by atoms with E-state index in [9.17, 15) is 0 Å². The lowest BCUT2D eigenvalue weighted by molar-refractivity contribution is 0.339. The molecule has 0 saturated heterocycles. The summed E-state index contributed by atoms with van der Waals surface area (Å²) in [6, 6.07) is 11.4. The third-order valence-electron chi connectivity index (χ3n) is 5.69. The van der Waals surface area contributed by atoms with Crippen LogP contribution < -0.4 is 10.1 Å². The summed E-state index contributed by atoms with van der Waals surface area (Å²) in [5.74, 6) is 1.41. The molecule has 0 saturated carbocycles. The molecule has 0 aliphatic carbocycles. The molecule has 1 atom stereocenters. The zero-order valence-corrected chi connectivity index (χ0v) is 17.1. The van der Waals surface area contributed by atoms with Crippen molar-refractivity contribution in [2.45, 2.75) is 53.0 Å². The van der Waals surface area contributed by atoms with Gasteiger partial charge in [-0.1, -0.05) is 26.0 Å². The molecule has 27 heavy (non-hydrogen) atoms. The van der Waals surface area contributed by atoms with Crippen LogP contribution in [0.4, 0.5) is 0 Å². The standard InChI is InChI=1S/C24H30N2O/c1-6-27-17-7-8-18(20(13-17)14(2)3)23-24-19(9-10-25-23)22-16(5)11-15(4)12-21(22)26-24/h7-8,11-14,23,25-26H,6,9-10H2,1-5H3. The van der Waals surface area contributed by atoms with E-state index in [1.54, 1.807) is 0 Å². The van der Waals surface area contributed by atoms with Crippen LogP contribution in [0.1, 0.15) is 66.2 Å². The molecule has 0 spiro atoms. The lowest BCUT2D eigenvalue weighted by Gasteiger charge is -2.28. The topological polar surface area (TPSA) is 37.0 Å². The molecular formula is C24H30N2O. The average molecular weight is 363 g/mol. The van der Waals surface area contributed by atoms with Crippen molar-refractivity contribution in [3.8, 4) is 5.75 Å². The van der Waals surface area contributed by atoms with E-state index >= 15 is 0 Å². The molecule has 2 heterocycles. The zero-order valence-electron chi connectivity index (χ0n) is 17.1. The average Bonchev–Trinajstić information content (AvgIpc) is 3.00. The van der Waals surface area contributed by atoms with Crippen LogP contribution in [0, 0.1) is 13.8 Å². The van der Waals surface area contributed by atoms with Gasteiger partial charge in [-0.15, -0.1) is 0 Å². The van der Waals surface area contributed by atoms with Gasteiger partial charge in [0.25, 0.3) is 0 Å². The summed E-state index contributed by atoms with van der Waals surface area (Å²) >= 11 is 0. The van der Waals surface area contributed by atoms with Crippen LogP contribution in [0.2, 0.25) is 0 Å². The molecule has 1 aliphatic heterocycles. The number of hydrogen-bond donors (Lipinski definition) is 2. The Balaban J connectivity index is 1.87. The van der Waals surface area contributed by atoms with Gasteiger partial charge in [0, 0.05) is 23.1 Å². The Morgan fingerprint density at radius 2 is 1.96 bits per heavy atom. The Morgan fingerprint density at radius 1 is 1.15 bits per heavy atom. The number of aromatic amines is 1. The highest BCUT2D eigenvalue weighted by atomic mass is 16.5. The lowest BCUT2D eigenvalue weighted by atomic mass is 9.87. The molecule has 3 aromatic rings. The third-order valence-corrected chi connectivity index (χ3v) is 5.69. The molecule has 1 unspecified atom stereocenters. The second-order valence-electron chi connectivity index (χ2n) is 8.04. The third kappa shape index (κ3) is 3.14. The van der Waals surface area contributed by atoms with E-state index in [-0.39, 0.29) is 6.04 Å². The Hall–Kier alpha value is -2.26. The molecule has 142 valence electrons. The van der Waals surface area contributed by atoms with Gasteiger partial charge in [-0.25, -0.2) is 0 Å². The summed E-state index contributed by atoms with van der Waals surface area (Å²) in [6.45, 7) is 12.7. The predicted molar refractivity (Wildman–Crippen MR) is 113 cm³/mol. The molecular weight excluding hydrogens is 332 g/mol. The van der Waals surface area contributed by atoms with Gasteiger partial charge in [-0.3, -0.25) is 0 Å². The summed E-state index contributed by atoms with van der Waals surface area (Å²) in [4.78, 5) is 3.76. The highest BCUT2D eigenvalue weighted by Gasteiger charge is 2.28. The fourth-order valence-corrected chi connectivity index (χ4v) is 4.61. The van der Waals surface area contributed by atoms with Crippen LogP contribution in [-0.4, -0.2) is 18.1 Å². The van der Waals surface area contributed by atoms with Crippen molar-refractivity contribution < 1.29 is 4.74 Å². The predicted octanol–water partition coefficient (Wildman–Crippen LogP) is 5.54. The zero-order chi connectivity index (χ0) is 19.1. The number of fused-ring (bicyclic) bond motifs is 3. The number of aromatic nitrogens is 1. The number of H-pyrrole nitrogens is 1. The summed E-state index contributed by atoms with van der Waals surface area (Å²) in [6.07, 6.45) is 1.07. The van der Waals surface area contributed by atoms with Crippen molar-refractivity contribution in [2.75, 3.05) is 13.2 Å². The van der Waals surface area contributed by atoms with Gasteiger partial charge in [0.2, 0.25) is 0 Å². The number of rotatable bonds is 4. The number of aryl methyl sites for hydroxylation is 2. The maximum absolute atomic E-state index is 5.76. The van der Waals surface area contributed by atoms with Crippen molar-refractivity contribution in [3.63, 3.8) is 0 Å². The quantitative estimate of drug-likeness (QED) is 0.639. The number of hydrogen-bond acceptors (Lipinski definition) is 2. The Bertz CT molecular complexity index is 984. The van der Waals surface area contributed by atoms with Crippen LogP contribution >= 0.6 is 0 Å². The number of ether oxygens (including phenoxy) is 1. The van der Waals surface area contributed by atoms with Crippen molar-refractivity contribution in [2.24, 2.45) is 0 Å². The maximum atomic E-state index is 5.76. The minimum Gasteiger partial charge on any atom is -0.494 e. The van der Waals surface area contributed by atoms with Crippen LogP contribution in [0.25, 0.3) is 10.9 Å². The van der Waals surface area contributed by atoms with E-state index < -0.39 is 0 Å². The van der Waals surface area contributed by atoms with Crippen molar-refractivity contribution >= 4 is 10.9 Å². The Morgan fingerprint density at radius 3 is 2.70 bits per heavy atom. The van der Waals surface area contributed by atoms with Gasteiger partial charge in [-0.2, -0.15) is 0 Å². The van der Waals surface area contributed by atoms with Gasteiger partial charge in [0.1, 0.15) is 5.75 Å². The number of benzene rings is 2. The van der Waals surface area contributed by atoms with E-state index in [0.717, 1.165) is 18.7 Å². The molecule has 2 N–H and O–H groups in total. The van der Waals surface area contributed by atoms with Crippen molar-refractivity contribution in [3.05, 3.63) is 63.8 Å². The highest BCUT2D eigenvalue weighted by molar-refractivity contribution is 5.89. The largest absolute Gasteiger partial charge is 0.494 e. The molecule has 3 heteroatoms. The van der Waals surface area contributed by atoms with E-state index in [0.29, 0.717) is 12.5 Å². The number of nitrogens with one attached hydrogen (secondary N) is 2. The van der Waals surface area contributed by atoms with Gasteiger partial charge in [0.05, 0.1) is 12.6 Å². The van der Waals surface area contributed by atoms with Gasteiger partial charge in [0.15, 0.2) is 0 Å².